The van der Waals surface area contributed by atoms with Crippen molar-refractivity contribution in [3.05, 3.63) is 96.4 Å². The molecular formula is C26H21FN4O2S. The Kier molecular flexibility index (Phi) is 5.81. The lowest BCUT2D eigenvalue weighted by Gasteiger charge is -2.24. The summed E-state index contributed by atoms with van der Waals surface area (Å²) < 4.78 is 13.4. The molecule has 34 heavy (non-hydrogen) atoms. The third-order valence-corrected chi connectivity index (χ3v) is 6.23. The number of halogens is 1. The van der Waals surface area contributed by atoms with Gasteiger partial charge in [0.25, 0.3) is 5.91 Å². The van der Waals surface area contributed by atoms with Crippen molar-refractivity contribution >= 4 is 51.4 Å². The van der Waals surface area contributed by atoms with Gasteiger partial charge >= 0.3 is 0 Å². The number of carbonyl (C=O) groups excluding carboxylic acids is 2. The Hall–Kier alpha value is -4.04. The maximum absolute atomic E-state index is 13.5. The number of anilines is 2. The maximum atomic E-state index is 13.5. The van der Waals surface area contributed by atoms with Crippen LogP contribution in [0, 0.1) is 5.82 Å². The minimum Gasteiger partial charge on any atom is -0.361 e. The monoisotopic (exact) mass is 472 g/mol. The predicted molar refractivity (Wildman–Crippen MR) is 134 cm³/mol. The smallest absolute Gasteiger partial charge is 0.256 e. The van der Waals surface area contributed by atoms with Crippen LogP contribution in [-0.4, -0.2) is 32.9 Å². The molecule has 2 N–H and O–H groups in total. The zero-order chi connectivity index (χ0) is 23.7. The Morgan fingerprint density at radius 2 is 1.79 bits per heavy atom. The first-order valence-electron chi connectivity index (χ1n) is 10.8. The van der Waals surface area contributed by atoms with Crippen LogP contribution in [0.3, 0.4) is 0 Å². The molecule has 5 rings (SSSR count). The Morgan fingerprint density at radius 1 is 1.03 bits per heavy atom. The van der Waals surface area contributed by atoms with Crippen LogP contribution >= 0.6 is 12.2 Å². The number of amides is 2. The lowest BCUT2D eigenvalue weighted by molar-refractivity contribution is -0.124. The summed E-state index contributed by atoms with van der Waals surface area (Å²) in [6.07, 6.45) is 1.76. The first-order chi connectivity index (χ1) is 16.5. The van der Waals surface area contributed by atoms with Crippen LogP contribution in [0.5, 0.6) is 0 Å². The first kappa shape index (κ1) is 21.8. The van der Waals surface area contributed by atoms with Gasteiger partial charge in [0.05, 0.1) is 12.1 Å². The van der Waals surface area contributed by atoms with Gasteiger partial charge in [0.1, 0.15) is 11.9 Å². The summed E-state index contributed by atoms with van der Waals surface area (Å²) >= 11 is 5.67. The molecule has 6 nitrogen and oxygen atoms in total. The van der Waals surface area contributed by atoms with Gasteiger partial charge in [-0.05, 0) is 65.6 Å². The SMILES string of the molecule is O=C(CC1C(=O)N(c2ccccc2)C(=S)N1Cc1ccc(F)cc1)Nc1ccc2cc[nH]c2c1. The summed E-state index contributed by atoms with van der Waals surface area (Å²) in [5, 5.41) is 4.23. The van der Waals surface area contributed by atoms with E-state index in [0.29, 0.717) is 16.5 Å². The van der Waals surface area contributed by atoms with Crippen molar-refractivity contribution in [2.24, 2.45) is 0 Å². The van der Waals surface area contributed by atoms with E-state index in [1.54, 1.807) is 29.2 Å². The predicted octanol–water partition coefficient (Wildman–Crippen LogP) is 4.84. The van der Waals surface area contributed by atoms with Crippen molar-refractivity contribution in [2.45, 2.75) is 19.0 Å². The molecule has 8 heteroatoms. The number of carbonyl (C=O) groups is 2. The van der Waals surface area contributed by atoms with Gasteiger partial charge in [-0.25, -0.2) is 4.39 Å². The minimum absolute atomic E-state index is 0.0771. The number of nitrogens with one attached hydrogen (secondary N) is 2. The molecule has 1 aliphatic rings. The summed E-state index contributed by atoms with van der Waals surface area (Å²) in [6, 6.07) is 21.9. The normalized spacial score (nSPS) is 15.9. The van der Waals surface area contributed by atoms with E-state index in [2.05, 4.69) is 10.3 Å². The maximum Gasteiger partial charge on any atom is 0.256 e. The molecular weight excluding hydrogens is 451 g/mol. The minimum atomic E-state index is -0.785. The molecule has 0 spiro atoms. The molecule has 1 fully saturated rings. The third kappa shape index (κ3) is 4.27. The highest BCUT2D eigenvalue weighted by Crippen LogP contribution is 2.29. The van der Waals surface area contributed by atoms with Gasteiger partial charge in [0, 0.05) is 23.9 Å². The van der Waals surface area contributed by atoms with Gasteiger partial charge in [-0.2, -0.15) is 0 Å². The lowest BCUT2D eigenvalue weighted by Crippen LogP contribution is -2.37. The van der Waals surface area contributed by atoms with Gasteiger partial charge in [-0.1, -0.05) is 36.4 Å². The largest absolute Gasteiger partial charge is 0.361 e. The van der Waals surface area contributed by atoms with Crippen molar-refractivity contribution in [1.29, 1.82) is 0 Å². The number of aromatic nitrogens is 1. The van der Waals surface area contributed by atoms with E-state index < -0.39 is 6.04 Å². The Labute approximate surface area is 201 Å². The molecule has 1 saturated heterocycles. The number of thiocarbonyl (C=S) groups is 1. The number of rotatable bonds is 6. The zero-order valence-electron chi connectivity index (χ0n) is 18.1. The number of hydrogen-bond acceptors (Lipinski definition) is 3. The topological polar surface area (TPSA) is 68.4 Å². The van der Waals surface area contributed by atoms with Crippen molar-refractivity contribution < 1.29 is 14.0 Å². The number of H-pyrrole nitrogens is 1. The highest BCUT2D eigenvalue weighted by atomic mass is 32.1. The van der Waals surface area contributed by atoms with Crippen LogP contribution in [-0.2, 0) is 16.1 Å². The van der Waals surface area contributed by atoms with Crippen LogP contribution in [0.25, 0.3) is 10.9 Å². The average Bonchev–Trinajstić information content (AvgIpc) is 3.39. The highest BCUT2D eigenvalue weighted by Gasteiger charge is 2.44. The van der Waals surface area contributed by atoms with Gasteiger partial charge < -0.3 is 15.2 Å². The highest BCUT2D eigenvalue weighted by molar-refractivity contribution is 7.80. The number of hydrogen-bond donors (Lipinski definition) is 2. The number of benzene rings is 3. The van der Waals surface area contributed by atoms with E-state index in [4.69, 9.17) is 12.2 Å². The van der Waals surface area contributed by atoms with Crippen LogP contribution < -0.4 is 10.2 Å². The Morgan fingerprint density at radius 3 is 2.56 bits per heavy atom. The number of aromatic amines is 1. The molecule has 1 aromatic heterocycles. The standard InChI is InChI=1S/C26H21FN4O2S/c27-19-9-6-17(7-10-19)16-30-23(25(33)31(26(30)34)21-4-2-1-3-5-21)15-24(32)29-20-11-8-18-12-13-28-22(18)14-20/h1-14,23,28H,15-16H2,(H,29,32). The van der Waals surface area contributed by atoms with Crippen molar-refractivity contribution in [3.8, 4) is 0 Å². The lowest BCUT2D eigenvalue weighted by atomic mass is 10.1. The number of fused-ring (bicyclic) bond motifs is 1. The second kappa shape index (κ2) is 9.07. The molecule has 2 amide bonds. The fourth-order valence-electron chi connectivity index (χ4n) is 4.13. The second-order valence-corrected chi connectivity index (χ2v) is 8.46. The number of nitrogens with zero attached hydrogens (tertiary/aromatic N) is 2. The quantitative estimate of drug-likeness (QED) is 0.394. The summed E-state index contributed by atoms with van der Waals surface area (Å²) in [5.41, 5.74) is 2.97. The van der Waals surface area contributed by atoms with Gasteiger partial charge in [-0.3, -0.25) is 14.5 Å². The summed E-state index contributed by atoms with van der Waals surface area (Å²) in [5.74, 6) is -0.913. The van der Waals surface area contributed by atoms with Crippen LogP contribution in [0.2, 0.25) is 0 Å². The third-order valence-electron chi connectivity index (χ3n) is 5.82. The molecule has 0 radical (unpaired) electrons. The van der Waals surface area contributed by atoms with E-state index >= 15 is 0 Å². The van der Waals surface area contributed by atoms with Crippen molar-refractivity contribution in [1.82, 2.24) is 9.88 Å². The van der Waals surface area contributed by atoms with Crippen molar-refractivity contribution in [3.63, 3.8) is 0 Å². The molecule has 2 heterocycles. The molecule has 170 valence electrons. The van der Waals surface area contributed by atoms with Crippen LogP contribution in [0.15, 0.2) is 85.1 Å². The molecule has 3 aromatic carbocycles. The Balaban J connectivity index is 1.40. The molecule has 0 aliphatic carbocycles. The van der Waals surface area contributed by atoms with Gasteiger partial charge in [0.2, 0.25) is 5.91 Å². The molecule has 0 saturated carbocycles. The van der Waals surface area contributed by atoms with Gasteiger partial charge in [-0.15, -0.1) is 0 Å². The molecule has 4 aromatic rings. The number of para-hydroxylation sites is 1. The second-order valence-electron chi connectivity index (χ2n) is 8.09. The van der Waals surface area contributed by atoms with E-state index in [1.165, 1.54) is 17.0 Å². The van der Waals surface area contributed by atoms with E-state index in [9.17, 15) is 14.0 Å². The van der Waals surface area contributed by atoms with Crippen LogP contribution in [0.4, 0.5) is 15.8 Å². The van der Waals surface area contributed by atoms with Gasteiger partial charge in [0.15, 0.2) is 5.11 Å². The zero-order valence-corrected chi connectivity index (χ0v) is 18.9. The van der Waals surface area contributed by atoms with Crippen LogP contribution in [0.1, 0.15) is 12.0 Å². The van der Waals surface area contributed by atoms with E-state index in [1.807, 2.05) is 48.7 Å². The summed E-state index contributed by atoms with van der Waals surface area (Å²) in [6.45, 7) is 0.278. The summed E-state index contributed by atoms with van der Waals surface area (Å²) in [7, 11) is 0. The average molecular weight is 473 g/mol. The fraction of sp³-hybridized carbons (Fsp3) is 0.115. The van der Waals surface area contributed by atoms with E-state index in [0.717, 1.165) is 16.5 Å². The molecule has 1 atom stereocenters. The van der Waals surface area contributed by atoms with Crippen molar-refractivity contribution in [2.75, 3.05) is 10.2 Å². The van der Waals surface area contributed by atoms with E-state index in [-0.39, 0.29) is 30.6 Å². The molecule has 0 bridgehead atoms. The Bertz CT molecular complexity index is 1370. The fourth-order valence-corrected chi connectivity index (χ4v) is 4.52. The molecule has 1 unspecified atom stereocenters. The molecule has 1 aliphatic heterocycles. The summed E-state index contributed by atoms with van der Waals surface area (Å²) in [4.78, 5) is 32.7. The first-order valence-corrected chi connectivity index (χ1v) is 11.2.